The molecule has 5 rings (SSSR count). The van der Waals surface area contributed by atoms with E-state index < -0.39 is 23.2 Å². The van der Waals surface area contributed by atoms with Crippen molar-refractivity contribution in [3.05, 3.63) is 81.2 Å². The van der Waals surface area contributed by atoms with Crippen molar-refractivity contribution in [1.29, 1.82) is 0 Å². The summed E-state index contributed by atoms with van der Waals surface area (Å²) >= 11 is 0. The van der Waals surface area contributed by atoms with Gasteiger partial charge in [0, 0.05) is 6.07 Å². The fourth-order valence-electron chi connectivity index (χ4n) is 4.09. The predicted octanol–water partition coefficient (Wildman–Crippen LogP) is 4.39. The van der Waals surface area contributed by atoms with Crippen LogP contribution in [0, 0.1) is 12.7 Å². The Morgan fingerprint density at radius 2 is 1.94 bits per heavy atom. The second kappa shape index (κ2) is 7.77. The van der Waals surface area contributed by atoms with Crippen molar-refractivity contribution in [2.75, 3.05) is 18.6 Å². The minimum atomic E-state index is -0.898. The van der Waals surface area contributed by atoms with Crippen LogP contribution in [0.3, 0.4) is 0 Å². The average Bonchev–Trinajstić information content (AvgIpc) is 3.36. The lowest BCUT2D eigenvalue weighted by Gasteiger charge is -2.23. The number of carbonyl (C=O) groups excluding carboxylic acids is 1. The van der Waals surface area contributed by atoms with Crippen molar-refractivity contribution in [1.82, 2.24) is 5.16 Å². The zero-order chi connectivity index (χ0) is 23.3. The Labute approximate surface area is 187 Å². The number of benzene rings is 2. The molecule has 1 aliphatic heterocycles. The van der Waals surface area contributed by atoms with Crippen LogP contribution < -0.4 is 19.8 Å². The fraction of sp³-hybridized carbons (Fsp3) is 0.208. The minimum Gasteiger partial charge on any atom is -0.493 e. The first-order valence-corrected chi connectivity index (χ1v) is 10.3. The molecule has 0 radical (unpaired) electrons. The van der Waals surface area contributed by atoms with Crippen LogP contribution in [0.4, 0.5) is 10.2 Å². The number of rotatable bonds is 5. The van der Waals surface area contributed by atoms with E-state index in [1.54, 1.807) is 31.2 Å². The first kappa shape index (κ1) is 20.7. The molecule has 8 nitrogen and oxygen atoms in total. The minimum absolute atomic E-state index is 0.0441. The largest absolute Gasteiger partial charge is 0.493 e. The Balaban J connectivity index is 1.79. The number of nitrogens with zero attached hydrogens (tertiary/aromatic N) is 2. The van der Waals surface area contributed by atoms with Crippen LogP contribution in [0.5, 0.6) is 11.5 Å². The van der Waals surface area contributed by atoms with E-state index in [0.29, 0.717) is 29.4 Å². The van der Waals surface area contributed by atoms with Gasteiger partial charge in [-0.05, 0) is 49.7 Å². The van der Waals surface area contributed by atoms with Gasteiger partial charge >= 0.3 is 0 Å². The molecule has 0 saturated heterocycles. The van der Waals surface area contributed by atoms with Crippen LogP contribution in [0.25, 0.3) is 11.0 Å². The highest BCUT2D eigenvalue weighted by Gasteiger charge is 2.45. The van der Waals surface area contributed by atoms with Gasteiger partial charge in [0.15, 0.2) is 22.7 Å². The molecule has 0 aliphatic carbocycles. The summed E-state index contributed by atoms with van der Waals surface area (Å²) in [7, 11) is 1.50. The first-order valence-electron chi connectivity index (χ1n) is 10.3. The summed E-state index contributed by atoms with van der Waals surface area (Å²) in [5, 5.41) is 4.02. The molecule has 0 saturated carbocycles. The van der Waals surface area contributed by atoms with Crippen molar-refractivity contribution in [2.24, 2.45) is 0 Å². The second-order valence-electron chi connectivity index (χ2n) is 7.53. The van der Waals surface area contributed by atoms with Gasteiger partial charge in [0.1, 0.15) is 17.2 Å². The molecule has 0 fully saturated rings. The molecule has 1 amide bonds. The third-order valence-corrected chi connectivity index (χ3v) is 5.50. The van der Waals surface area contributed by atoms with Gasteiger partial charge in [-0.15, -0.1) is 0 Å². The molecule has 33 heavy (non-hydrogen) atoms. The van der Waals surface area contributed by atoms with Gasteiger partial charge in [-0.1, -0.05) is 11.2 Å². The highest BCUT2D eigenvalue weighted by atomic mass is 19.1. The maximum Gasteiger partial charge on any atom is 0.296 e. The molecular weight excluding hydrogens is 431 g/mol. The Kier molecular flexibility index (Phi) is 4.88. The summed E-state index contributed by atoms with van der Waals surface area (Å²) in [4.78, 5) is 28.3. The topological polar surface area (TPSA) is 95.0 Å². The van der Waals surface area contributed by atoms with E-state index in [-0.39, 0.29) is 28.1 Å². The molecule has 4 aromatic rings. The number of aromatic nitrogens is 1. The second-order valence-corrected chi connectivity index (χ2v) is 7.53. The summed E-state index contributed by atoms with van der Waals surface area (Å²) < 4.78 is 36.0. The summed E-state index contributed by atoms with van der Waals surface area (Å²) in [6.45, 7) is 3.98. The highest BCUT2D eigenvalue weighted by Crippen LogP contribution is 2.43. The van der Waals surface area contributed by atoms with Gasteiger partial charge in [0.25, 0.3) is 5.91 Å². The van der Waals surface area contributed by atoms with E-state index in [9.17, 15) is 14.0 Å². The average molecular weight is 450 g/mol. The Morgan fingerprint density at radius 1 is 1.12 bits per heavy atom. The van der Waals surface area contributed by atoms with Crippen LogP contribution in [-0.2, 0) is 0 Å². The number of halogens is 1. The van der Waals surface area contributed by atoms with E-state index in [1.165, 1.54) is 24.1 Å². The van der Waals surface area contributed by atoms with Gasteiger partial charge in [0.05, 0.1) is 30.7 Å². The molecule has 2 aromatic carbocycles. The molecule has 3 heterocycles. The summed E-state index contributed by atoms with van der Waals surface area (Å²) in [6, 6.07) is 9.42. The van der Waals surface area contributed by atoms with Crippen LogP contribution in [0.15, 0.2) is 56.2 Å². The molecule has 1 atom stereocenters. The van der Waals surface area contributed by atoms with Crippen LogP contribution in [0.2, 0.25) is 0 Å². The van der Waals surface area contributed by atoms with Crippen LogP contribution in [-0.4, -0.2) is 24.8 Å². The predicted molar refractivity (Wildman–Crippen MR) is 116 cm³/mol. The van der Waals surface area contributed by atoms with Gasteiger partial charge < -0.3 is 18.4 Å². The zero-order valence-corrected chi connectivity index (χ0v) is 18.0. The Bertz CT molecular complexity index is 1460. The third-order valence-electron chi connectivity index (χ3n) is 5.50. The molecule has 0 bridgehead atoms. The number of aryl methyl sites for hydroxylation is 1. The van der Waals surface area contributed by atoms with Crippen molar-refractivity contribution in [3.8, 4) is 11.5 Å². The lowest BCUT2D eigenvalue weighted by molar-refractivity contribution is 0.0969. The first-order chi connectivity index (χ1) is 15.9. The summed E-state index contributed by atoms with van der Waals surface area (Å²) in [5.74, 6) is 0.395. The van der Waals surface area contributed by atoms with Crippen molar-refractivity contribution >= 4 is 22.7 Å². The van der Waals surface area contributed by atoms with E-state index in [4.69, 9.17) is 18.4 Å². The van der Waals surface area contributed by atoms with Crippen LogP contribution >= 0.6 is 0 Å². The number of anilines is 1. The van der Waals surface area contributed by atoms with E-state index in [2.05, 4.69) is 5.16 Å². The quantitative estimate of drug-likeness (QED) is 0.445. The Morgan fingerprint density at radius 3 is 2.64 bits per heavy atom. The van der Waals surface area contributed by atoms with Crippen molar-refractivity contribution in [3.63, 3.8) is 0 Å². The number of fused-ring (bicyclic) bond motifs is 2. The van der Waals surface area contributed by atoms with E-state index in [1.807, 2.05) is 6.92 Å². The number of hydrogen-bond donors (Lipinski definition) is 0. The lowest BCUT2D eigenvalue weighted by Crippen LogP contribution is -2.29. The Hall–Kier alpha value is -4.14. The molecule has 0 N–H and O–H groups in total. The SMILES string of the molecule is CCOc1ccc(C2c3c(oc4ccc(F)cc4c3=O)C(=O)N2c2cc(C)on2)cc1OC. The molecule has 1 aliphatic rings. The fourth-order valence-corrected chi connectivity index (χ4v) is 4.09. The van der Waals surface area contributed by atoms with E-state index in [0.717, 1.165) is 6.07 Å². The molecule has 1 unspecified atom stereocenters. The number of amides is 1. The van der Waals surface area contributed by atoms with Gasteiger partial charge in [-0.3, -0.25) is 14.5 Å². The van der Waals surface area contributed by atoms with Crippen molar-refractivity contribution in [2.45, 2.75) is 19.9 Å². The standard InChI is InChI=1S/C24H19FN2O6/c1-4-31-17-7-5-13(10-18(17)30-3)21-20-22(28)15-11-14(25)6-8-16(15)32-23(20)24(29)27(21)19-9-12(2)33-26-19/h5-11,21H,4H2,1-3H3. The summed E-state index contributed by atoms with van der Waals surface area (Å²) in [6.07, 6.45) is 0. The smallest absolute Gasteiger partial charge is 0.296 e. The number of methoxy groups -OCH3 is 1. The van der Waals surface area contributed by atoms with Crippen molar-refractivity contribution < 1.29 is 27.6 Å². The number of carbonyl (C=O) groups is 1. The summed E-state index contributed by atoms with van der Waals surface area (Å²) in [5.41, 5.74) is 0.269. The number of hydrogen-bond acceptors (Lipinski definition) is 7. The zero-order valence-electron chi connectivity index (χ0n) is 18.0. The molecule has 0 spiro atoms. The lowest BCUT2D eigenvalue weighted by atomic mass is 9.98. The van der Waals surface area contributed by atoms with E-state index >= 15 is 0 Å². The normalized spacial score (nSPS) is 15.2. The van der Waals surface area contributed by atoms with Crippen LogP contribution in [0.1, 0.15) is 40.4 Å². The maximum atomic E-state index is 13.9. The highest BCUT2D eigenvalue weighted by molar-refractivity contribution is 6.10. The molecule has 2 aromatic heterocycles. The monoisotopic (exact) mass is 450 g/mol. The third kappa shape index (κ3) is 3.24. The van der Waals surface area contributed by atoms with Gasteiger partial charge in [-0.25, -0.2) is 4.39 Å². The maximum absolute atomic E-state index is 13.9. The molecule has 168 valence electrons. The van der Waals surface area contributed by atoms with Gasteiger partial charge in [0.2, 0.25) is 5.76 Å². The molecular formula is C24H19FN2O6. The van der Waals surface area contributed by atoms with Gasteiger partial charge in [-0.2, -0.15) is 0 Å². The molecule has 9 heteroatoms. The number of ether oxygens (including phenoxy) is 2.